The van der Waals surface area contributed by atoms with Gasteiger partial charge in [0.25, 0.3) is 5.56 Å². The van der Waals surface area contributed by atoms with Gasteiger partial charge in [-0.3, -0.25) is 9.36 Å². The standard InChI is InChI=1S/C21H24N2O3S/c1-25-12-11-23-18(13-14-7-9-15(26-2)10-8-14)22-20-19(21(23)24)16-5-3-4-6-17(16)27-20/h7-10H,3-6,11-13H2,1-2H3. The SMILES string of the molecule is COCCn1c(Cc2ccc(OC)cc2)nc2sc3c(c2c1=O)CCCC3. The van der Waals surface area contributed by atoms with Crippen molar-refractivity contribution >= 4 is 21.6 Å². The smallest absolute Gasteiger partial charge is 0.262 e. The van der Waals surface area contributed by atoms with Crippen LogP contribution < -0.4 is 10.3 Å². The highest BCUT2D eigenvalue weighted by atomic mass is 32.1. The number of benzene rings is 1. The minimum absolute atomic E-state index is 0.0833. The fourth-order valence-corrected chi connectivity index (χ4v) is 5.03. The fourth-order valence-electron chi connectivity index (χ4n) is 3.75. The molecule has 1 aliphatic carbocycles. The predicted molar refractivity (Wildman–Crippen MR) is 108 cm³/mol. The van der Waals surface area contributed by atoms with Crippen LogP contribution in [0.5, 0.6) is 5.75 Å². The summed E-state index contributed by atoms with van der Waals surface area (Å²) in [6.07, 6.45) is 5.04. The average Bonchev–Trinajstić information content (AvgIpc) is 3.07. The maximum Gasteiger partial charge on any atom is 0.262 e. The molecule has 0 atom stereocenters. The Morgan fingerprint density at radius 2 is 1.93 bits per heavy atom. The van der Waals surface area contributed by atoms with Gasteiger partial charge in [0.2, 0.25) is 0 Å². The van der Waals surface area contributed by atoms with Gasteiger partial charge in [-0.05, 0) is 48.9 Å². The molecule has 0 radical (unpaired) electrons. The molecule has 2 aromatic heterocycles. The second-order valence-electron chi connectivity index (χ2n) is 6.89. The molecule has 0 amide bonds. The second kappa shape index (κ2) is 7.82. The molecule has 0 bridgehead atoms. The van der Waals surface area contributed by atoms with Crippen molar-refractivity contribution in [2.75, 3.05) is 20.8 Å². The molecule has 0 aliphatic heterocycles. The molecule has 0 N–H and O–H groups in total. The number of aromatic nitrogens is 2. The molecule has 142 valence electrons. The zero-order chi connectivity index (χ0) is 18.8. The Bertz CT molecular complexity index is 1000. The fraction of sp³-hybridized carbons (Fsp3) is 0.429. The minimum Gasteiger partial charge on any atom is -0.497 e. The number of fused-ring (bicyclic) bond motifs is 3. The maximum atomic E-state index is 13.3. The molecule has 6 heteroatoms. The van der Waals surface area contributed by atoms with Crippen LogP contribution in [-0.4, -0.2) is 30.4 Å². The van der Waals surface area contributed by atoms with Crippen molar-refractivity contribution in [3.8, 4) is 5.75 Å². The van der Waals surface area contributed by atoms with Crippen LogP contribution in [0.1, 0.15) is 34.7 Å². The van der Waals surface area contributed by atoms with E-state index in [4.69, 9.17) is 14.5 Å². The second-order valence-corrected chi connectivity index (χ2v) is 7.98. The quantitative estimate of drug-likeness (QED) is 0.652. The van der Waals surface area contributed by atoms with E-state index in [9.17, 15) is 4.79 Å². The largest absolute Gasteiger partial charge is 0.497 e. The number of aryl methyl sites for hydroxylation is 2. The van der Waals surface area contributed by atoms with Gasteiger partial charge in [0.1, 0.15) is 16.4 Å². The van der Waals surface area contributed by atoms with Crippen LogP contribution in [0.25, 0.3) is 10.2 Å². The number of ether oxygens (including phenoxy) is 2. The molecule has 0 saturated heterocycles. The van der Waals surface area contributed by atoms with E-state index >= 15 is 0 Å². The van der Waals surface area contributed by atoms with E-state index in [0.717, 1.165) is 46.6 Å². The van der Waals surface area contributed by atoms with Crippen molar-refractivity contribution in [2.45, 2.75) is 38.6 Å². The van der Waals surface area contributed by atoms with Gasteiger partial charge in [0.05, 0.1) is 25.6 Å². The molecule has 1 aliphatic rings. The summed E-state index contributed by atoms with van der Waals surface area (Å²) in [7, 11) is 3.32. The van der Waals surface area contributed by atoms with E-state index < -0.39 is 0 Å². The Morgan fingerprint density at radius 1 is 1.15 bits per heavy atom. The molecular formula is C21H24N2O3S. The van der Waals surface area contributed by atoms with Gasteiger partial charge in [-0.25, -0.2) is 4.98 Å². The van der Waals surface area contributed by atoms with Gasteiger partial charge in [-0.2, -0.15) is 0 Å². The van der Waals surface area contributed by atoms with E-state index in [1.54, 1.807) is 30.1 Å². The van der Waals surface area contributed by atoms with Crippen LogP contribution in [0.4, 0.5) is 0 Å². The van der Waals surface area contributed by atoms with Crippen LogP contribution in [0, 0.1) is 0 Å². The molecule has 0 spiro atoms. The number of thiophene rings is 1. The zero-order valence-electron chi connectivity index (χ0n) is 15.8. The lowest BCUT2D eigenvalue weighted by molar-refractivity contribution is 0.185. The van der Waals surface area contributed by atoms with Crippen LogP contribution >= 0.6 is 11.3 Å². The summed E-state index contributed by atoms with van der Waals surface area (Å²) in [5.74, 6) is 1.62. The van der Waals surface area contributed by atoms with Gasteiger partial charge in [-0.15, -0.1) is 11.3 Å². The third-order valence-corrected chi connectivity index (χ3v) is 6.38. The Kier molecular flexibility index (Phi) is 5.27. The Balaban J connectivity index is 1.80. The van der Waals surface area contributed by atoms with Crippen LogP contribution in [0.15, 0.2) is 29.1 Å². The van der Waals surface area contributed by atoms with Crippen molar-refractivity contribution in [2.24, 2.45) is 0 Å². The highest BCUT2D eigenvalue weighted by Gasteiger charge is 2.22. The number of nitrogens with zero attached hydrogens (tertiary/aromatic N) is 2. The first-order chi connectivity index (χ1) is 13.2. The highest BCUT2D eigenvalue weighted by molar-refractivity contribution is 7.18. The molecule has 5 nitrogen and oxygen atoms in total. The summed E-state index contributed by atoms with van der Waals surface area (Å²) < 4.78 is 12.3. The first-order valence-electron chi connectivity index (χ1n) is 9.37. The van der Waals surface area contributed by atoms with Gasteiger partial charge in [-0.1, -0.05) is 12.1 Å². The van der Waals surface area contributed by atoms with E-state index in [0.29, 0.717) is 19.6 Å². The zero-order valence-corrected chi connectivity index (χ0v) is 16.6. The molecule has 3 aromatic rings. The summed E-state index contributed by atoms with van der Waals surface area (Å²) in [5, 5.41) is 0.837. The summed E-state index contributed by atoms with van der Waals surface area (Å²) in [4.78, 5) is 20.5. The third-order valence-electron chi connectivity index (χ3n) is 5.19. The third kappa shape index (κ3) is 3.51. The molecule has 0 unspecified atom stereocenters. The summed E-state index contributed by atoms with van der Waals surface area (Å²) >= 11 is 1.70. The Hall–Kier alpha value is -2.18. The van der Waals surface area contributed by atoms with E-state index in [1.165, 1.54) is 16.9 Å². The van der Waals surface area contributed by atoms with Crippen LogP contribution in [-0.2, 0) is 30.5 Å². The molecule has 0 saturated carbocycles. The lowest BCUT2D eigenvalue weighted by Gasteiger charge is -2.14. The van der Waals surface area contributed by atoms with Gasteiger partial charge >= 0.3 is 0 Å². The number of hydrogen-bond acceptors (Lipinski definition) is 5. The highest BCUT2D eigenvalue weighted by Crippen LogP contribution is 2.34. The Labute approximate surface area is 162 Å². The molecule has 0 fully saturated rings. The molecule has 4 rings (SSSR count). The monoisotopic (exact) mass is 384 g/mol. The number of rotatable bonds is 6. The van der Waals surface area contributed by atoms with E-state index in [2.05, 4.69) is 0 Å². The predicted octanol–water partition coefficient (Wildman–Crippen LogP) is 3.58. The normalized spacial score (nSPS) is 13.7. The lowest BCUT2D eigenvalue weighted by Crippen LogP contribution is -2.27. The molecule has 1 aromatic carbocycles. The summed E-state index contributed by atoms with van der Waals surface area (Å²) in [5.41, 5.74) is 2.43. The number of hydrogen-bond donors (Lipinski definition) is 0. The molecule has 27 heavy (non-hydrogen) atoms. The average molecular weight is 385 g/mol. The Morgan fingerprint density at radius 3 is 2.67 bits per heavy atom. The van der Waals surface area contributed by atoms with Crippen molar-refractivity contribution in [1.29, 1.82) is 0 Å². The van der Waals surface area contributed by atoms with E-state index in [-0.39, 0.29) is 5.56 Å². The van der Waals surface area contributed by atoms with Gasteiger partial charge in [0.15, 0.2) is 0 Å². The van der Waals surface area contributed by atoms with Crippen molar-refractivity contribution in [3.63, 3.8) is 0 Å². The molecular weight excluding hydrogens is 360 g/mol. The number of methoxy groups -OCH3 is 2. The van der Waals surface area contributed by atoms with Crippen molar-refractivity contribution in [1.82, 2.24) is 9.55 Å². The van der Waals surface area contributed by atoms with Gasteiger partial charge < -0.3 is 9.47 Å². The van der Waals surface area contributed by atoms with E-state index in [1.807, 2.05) is 24.3 Å². The van der Waals surface area contributed by atoms with Gasteiger partial charge in [0, 0.05) is 18.4 Å². The molecule has 2 heterocycles. The minimum atomic E-state index is 0.0833. The first kappa shape index (κ1) is 18.2. The lowest BCUT2D eigenvalue weighted by atomic mass is 9.97. The topological polar surface area (TPSA) is 53.4 Å². The van der Waals surface area contributed by atoms with Crippen LogP contribution in [0.3, 0.4) is 0 Å². The van der Waals surface area contributed by atoms with Crippen molar-refractivity contribution in [3.05, 3.63) is 56.4 Å². The summed E-state index contributed by atoms with van der Waals surface area (Å²) in [6.45, 7) is 1.02. The van der Waals surface area contributed by atoms with Crippen molar-refractivity contribution < 1.29 is 9.47 Å². The van der Waals surface area contributed by atoms with Crippen LogP contribution in [0.2, 0.25) is 0 Å². The first-order valence-corrected chi connectivity index (χ1v) is 10.2. The summed E-state index contributed by atoms with van der Waals surface area (Å²) in [6, 6.07) is 7.93. The maximum absolute atomic E-state index is 13.3.